The van der Waals surface area contributed by atoms with Gasteiger partial charge >= 0.3 is 0 Å². The monoisotopic (exact) mass is 595 g/mol. The van der Waals surface area contributed by atoms with E-state index in [0.29, 0.717) is 17.6 Å². The first-order valence-electron chi connectivity index (χ1n) is 14.4. The number of phenolic OH excluding ortho intramolecular Hbond substituents is 1. The van der Waals surface area contributed by atoms with E-state index in [0.717, 1.165) is 21.9 Å². The van der Waals surface area contributed by atoms with Gasteiger partial charge in [-0.1, -0.05) is 74.5 Å². The molecule has 44 heavy (non-hydrogen) atoms. The Labute approximate surface area is 256 Å². The van der Waals surface area contributed by atoms with Crippen molar-refractivity contribution in [3.05, 3.63) is 108 Å². The number of aldehydes is 1. The fraction of sp³-hybridized carbons (Fsp3) is 0.257. The number of hydrogen-bond acceptors (Lipinski definition) is 6. The van der Waals surface area contributed by atoms with Crippen LogP contribution in [0.1, 0.15) is 35.3 Å². The van der Waals surface area contributed by atoms with Crippen LogP contribution in [0, 0.1) is 5.92 Å². The Kier molecular flexibility index (Phi) is 10.7. The lowest BCUT2D eigenvalue weighted by molar-refractivity contribution is -0.131. The van der Waals surface area contributed by atoms with Crippen LogP contribution < -0.4 is 20.7 Å². The minimum atomic E-state index is -1.01. The molecular weight excluding hydrogens is 558 g/mol. The van der Waals surface area contributed by atoms with Crippen LogP contribution in [0.4, 0.5) is 0 Å². The minimum Gasteiger partial charge on any atom is -0.508 e. The zero-order valence-corrected chi connectivity index (χ0v) is 24.9. The Hall–Kier alpha value is -5.18. The molecule has 3 amide bonds. The van der Waals surface area contributed by atoms with E-state index in [1.54, 1.807) is 57.4 Å². The molecule has 0 spiro atoms. The van der Waals surface area contributed by atoms with Gasteiger partial charge in [0.2, 0.25) is 11.8 Å². The summed E-state index contributed by atoms with van der Waals surface area (Å²) in [6.45, 7) is 3.57. The highest BCUT2D eigenvalue weighted by Crippen LogP contribution is 2.19. The summed E-state index contributed by atoms with van der Waals surface area (Å²) in [4.78, 5) is 52.5. The highest BCUT2D eigenvalue weighted by atomic mass is 16.5. The Balaban J connectivity index is 1.54. The SMILES string of the molecule is COc1ccc(C[C@H](NC(=O)c2cccc3ccccc23)C(=O)N[C@H](C(=O)N[C@H](C=O)Cc2ccc(O)cc2)C(C)C)cc1. The average Bonchev–Trinajstić information content (AvgIpc) is 3.03. The molecule has 4 aromatic rings. The third kappa shape index (κ3) is 8.22. The highest BCUT2D eigenvalue weighted by Gasteiger charge is 2.30. The maximum Gasteiger partial charge on any atom is 0.252 e. The summed E-state index contributed by atoms with van der Waals surface area (Å²) in [5.41, 5.74) is 1.96. The smallest absolute Gasteiger partial charge is 0.252 e. The summed E-state index contributed by atoms with van der Waals surface area (Å²) in [6.07, 6.45) is 1.02. The molecule has 9 nitrogen and oxygen atoms in total. The van der Waals surface area contributed by atoms with Gasteiger partial charge in [0, 0.05) is 12.0 Å². The third-order valence-electron chi connectivity index (χ3n) is 7.39. The van der Waals surface area contributed by atoms with Gasteiger partial charge in [-0.15, -0.1) is 0 Å². The molecule has 0 aromatic heterocycles. The molecule has 4 aromatic carbocycles. The van der Waals surface area contributed by atoms with Crippen LogP contribution >= 0.6 is 0 Å². The number of phenols is 1. The Morgan fingerprint density at radius 3 is 2.07 bits per heavy atom. The average molecular weight is 596 g/mol. The summed E-state index contributed by atoms with van der Waals surface area (Å²) < 4.78 is 5.24. The molecular formula is C35H37N3O6. The second-order valence-electron chi connectivity index (χ2n) is 11.0. The van der Waals surface area contributed by atoms with Gasteiger partial charge in [0.25, 0.3) is 5.91 Å². The number of hydrogen-bond donors (Lipinski definition) is 4. The third-order valence-corrected chi connectivity index (χ3v) is 7.39. The molecule has 0 aliphatic heterocycles. The lowest BCUT2D eigenvalue weighted by atomic mass is 9.99. The summed E-state index contributed by atoms with van der Waals surface area (Å²) in [5, 5.41) is 19.6. The summed E-state index contributed by atoms with van der Waals surface area (Å²) >= 11 is 0. The van der Waals surface area contributed by atoms with Gasteiger partial charge in [0.15, 0.2) is 0 Å². The maximum atomic E-state index is 13.8. The number of ether oxygens (including phenoxy) is 1. The van der Waals surface area contributed by atoms with Crippen molar-refractivity contribution in [2.75, 3.05) is 7.11 Å². The van der Waals surface area contributed by atoms with Crippen LogP contribution in [0.2, 0.25) is 0 Å². The highest BCUT2D eigenvalue weighted by molar-refractivity contribution is 6.08. The van der Waals surface area contributed by atoms with E-state index in [1.807, 2.05) is 42.5 Å². The van der Waals surface area contributed by atoms with Crippen molar-refractivity contribution >= 4 is 34.8 Å². The molecule has 0 unspecified atom stereocenters. The summed E-state index contributed by atoms with van der Waals surface area (Å²) in [7, 11) is 1.56. The van der Waals surface area contributed by atoms with Gasteiger partial charge in [-0.05, 0) is 64.6 Å². The lowest BCUT2D eigenvalue weighted by Crippen LogP contribution is -2.57. The molecule has 0 saturated heterocycles. The molecule has 0 radical (unpaired) electrons. The number of methoxy groups -OCH3 is 1. The minimum absolute atomic E-state index is 0.0970. The van der Waals surface area contributed by atoms with Crippen LogP contribution in [0.5, 0.6) is 11.5 Å². The number of rotatable bonds is 13. The van der Waals surface area contributed by atoms with Gasteiger partial charge in [-0.2, -0.15) is 0 Å². The quantitative estimate of drug-likeness (QED) is 0.173. The van der Waals surface area contributed by atoms with Crippen molar-refractivity contribution in [1.29, 1.82) is 0 Å². The lowest BCUT2D eigenvalue weighted by Gasteiger charge is -2.26. The van der Waals surface area contributed by atoms with Crippen molar-refractivity contribution in [3.8, 4) is 11.5 Å². The van der Waals surface area contributed by atoms with E-state index >= 15 is 0 Å². The Bertz CT molecular complexity index is 1600. The molecule has 0 aliphatic rings. The zero-order valence-electron chi connectivity index (χ0n) is 24.9. The predicted molar refractivity (Wildman–Crippen MR) is 168 cm³/mol. The second kappa shape index (κ2) is 14.8. The van der Waals surface area contributed by atoms with E-state index in [-0.39, 0.29) is 24.5 Å². The number of benzene rings is 4. The number of amides is 3. The van der Waals surface area contributed by atoms with Gasteiger partial charge in [-0.25, -0.2) is 0 Å². The van der Waals surface area contributed by atoms with Gasteiger partial charge < -0.3 is 30.6 Å². The van der Waals surface area contributed by atoms with Gasteiger partial charge in [0.05, 0.1) is 13.2 Å². The van der Waals surface area contributed by atoms with Crippen molar-refractivity contribution < 1.29 is 29.0 Å². The predicted octanol–water partition coefficient (Wildman–Crippen LogP) is 3.96. The van der Waals surface area contributed by atoms with Gasteiger partial charge in [-0.3, -0.25) is 14.4 Å². The van der Waals surface area contributed by atoms with Crippen LogP contribution in [0.15, 0.2) is 91.0 Å². The first-order valence-corrected chi connectivity index (χ1v) is 14.4. The number of nitrogens with one attached hydrogen (secondary N) is 3. The van der Waals surface area contributed by atoms with Crippen molar-refractivity contribution in [1.82, 2.24) is 16.0 Å². The number of aromatic hydroxyl groups is 1. The second-order valence-corrected chi connectivity index (χ2v) is 11.0. The van der Waals surface area contributed by atoms with Crippen molar-refractivity contribution in [2.45, 2.75) is 44.8 Å². The first-order chi connectivity index (χ1) is 21.2. The fourth-order valence-electron chi connectivity index (χ4n) is 4.95. The molecule has 9 heteroatoms. The van der Waals surface area contributed by atoms with Crippen LogP contribution in [0.3, 0.4) is 0 Å². The van der Waals surface area contributed by atoms with Crippen molar-refractivity contribution in [3.63, 3.8) is 0 Å². The molecule has 4 N–H and O–H groups in total. The van der Waals surface area contributed by atoms with Gasteiger partial charge in [0.1, 0.15) is 29.9 Å². The standard InChI is InChI=1S/C35H37N3O6/c1-22(2)32(35(43)36-26(21-39)19-23-11-15-27(40)16-12-23)38-34(42)31(20-24-13-17-28(44-3)18-14-24)37-33(41)30-10-6-8-25-7-4-5-9-29(25)30/h4-18,21-22,26,31-32,40H,19-20H2,1-3H3,(H,36,43)(H,37,41)(H,38,42)/t26-,31-,32-/m0/s1. The van der Waals surface area contributed by atoms with E-state index in [1.165, 1.54) is 12.1 Å². The van der Waals surface area contributed by atoms with Crippen LogP contribution in [0.25, 0.3) is 10.8 Å². The molecule has 228 valence electrons. The topological polar surface area (TPSA) is 134 Å². The largest absolute Gasteiger partial charge is 0.508 e. The van der Waals surface area contributed by atoms with E-state index < -0.39 is 35.8 Å². The van der Waals surface area contributed by atoms with E-state index in [4.69, 9.17) is 4.74 Å². The molecule has 4 rings (SSSR count). The maximum absolute atomic E-state index is 13.8. The van der Waals surface area contributed by atoms with E-state index in [9.17, 15) is 24.3 Å². The zero-order chi connectivity index (χ0) is 31.6. The number of carbonyl (C=O) groups is 4. The van der Waals surface area contributed by atoms with Crippen molar-refractivity contribution in [2.24, 2.45) is 5.92 Å². The molecule has 0 fully saturated rings. The van der Waals surface area contributed by atoms with Crippen LogP contribution in [-0.4, -0.2) is 54.3 Å². The molecule has 0 saturated carbocycles. The first kappa shape index (κ1) is 31.7. The van der Waals surface area contributed by atoms with Crippen LogP contribution in [-0.2, 0) is 27.2 Å². The number of carbonyl (C=O) groups excluding carboxylic acids is 4. The summed E-state index contributed by atoms with van der Waals surface area (Å²) in [5.74, 6) is -1.05. The fourth-order valence-corrected chi connectivity index (χ4v) is 4.95. The molecule has 0 aliphatic carbocycles. The molecule has 3 atom stereocenters. The van der Waals surface area contributed by atoms with E-state index in [2.05, 4.69) is 16.0 Å². The Morgan fingerprint density at radius 1 is 0.773 bits per heavy atom. The molecule has 0 heterocycles. The number of fused-ring (bicyclic) bond motifs is 1. The normalized spacial score (nSPS) is 13.0. The molecule has 0 bridgehead atoms. The Morgan fingerprint density at radius 2 is 1.41 bits per heavy atom. The summed E-state index contributed by atoms with van der Waals surface area (Å²) in [6, 6.07) is 23.6.